The fourth-order valence-corrected chi connectivity index (χ4v) is 3.11. The number of thiophene rings is 1. The lowest BCUT2D eigenvalue weighted by atomic mass is 10.1. The molecule has 80 valence electrons. The Morgan fingerprint density at radius 1 is 1.53 bits per heavy atom. The van der Waals surface area contributed by atoms with Crippen LogP contribution in [0.15, 0.2) is 15.9 Å². The van der Waals surface area contributed by atoms with Crippen LogP contribution in [0.3, 0.4) is 0 Å². The van der Waals surface area contributed by atoms with E-state index in [4.69, 9.17) is 0 Å². The van der Waals surface area contributed by atoms with Crippen molar-refractivity contribution in [3.63, 3.8) is 0 Å². The SMILES string of the molecule is O=C1CCCN(C(=O)c2sccc2Br)C1. The normalized spacial score (nSPS) is 16.9. The third kappa shape index (κ3) is 2.29. The van der Waals surface area contributed by atoms with Gasteiger partial charge in [-0.15, -0.1) is 11.3 Å². The average molecular weight is 288 g/mol. The highest BCUT2D eigenvalue weighted by Crippen LogP contribution is 2.25. The molecule has 1 aromatic rings. The van der Waals surface area contributed by atoms with E-state index < -0.39 is 0 Å². The zero-order valence-corrected chi connectivity index (χ0v) is 10.4. The summed E-state index contributed by atoms with van der Waals surface area (Å²) in [7, 11) is 0. The molecule has 0 unspecified atom stereocenters. The van der Waals surface area contributed by atoms with Crippen molar-refractivity contribution in [2.45, 2.75) is 12.8 Å². The maximum Gasteiger partial charge on any atom is 0.265 e. The van der Waals surface area contributed by atoms with Gasteiger partial charge in [-0.05, 0) is 33.8 Å². The Morgan fingerprint density at radius 3 is 2.93 bits per heavy atom. The van der Waals surface area contributed by atoms with E-state index in [9.17, 15) is 9.59 Å². The predicted molar refractivity (Wildman–Crippen MR) is 62.2 cm³/mol. The Kier molecular flexibility index (Phi) is 3.21. The molecule has 0 aliphatic carbocycles. The zero-order chi connectivity index (χ0) is 10.8. The van der Waals surface area contributed by atoms with E-state index in [1.54, 1.807) is 4.90 Å². The second-order valence-corrected chi connectivity index (χ2v) is 5.24. The first-order valence-corrected chi connectivity index (χ1v) is 6.39. The van der Waals surface area contributed by atoms with E-state index >= 15 is 0 Å². The molecule has 2 heterocycles. The molecule has 0 aromatic carbocycles. The van der Waals surface area contributed by atoms with Crippen molar-refractivity contribution < 1.29 is 9.59 Å². The fraction of sp³-hybridized carbons (Fsp3) is 0.400. The monoisotopic (exact) mass is 287 g/mol. The number of hydrogen-bond acceptors (Lipinski definition) is 3. The first-order valence-electron chi connectivity index (χ1n) is 4.72. The molecular weight excluding hydrogens is 278 g/mol. The molecule has 1 aliphatic rings. The number of Topliss-reactive ketones (excluding diaryl/α,β-unsaturated/α-hetero) is 1. The Morgan fingerprint density at radius 2 is 2.33 bits per heavy atom. The highest BCUT2D eigenvalue weighted by molar-refractivity contribution is 9.10. The van der Waals surface area contributed by atoms with Gasteiger partial charge in [0, 0.05) is 17.4 Å². The van der Waals surface area contributed by atoms with E-state index in [2.05, 4.69) is 15.9 Å². The van der Waals surface area contributed by atoms with Crippen LogP contribution in [0.4, 0.5) is 0 Å². The molecule has 2 rings (SSSR count). The molecule has 5 heteroatoms. The summed E-state index contributed by atoms with van der Waals surface area (Å²) in [6.45, 7) is 0.956. The summed E-state index contributed by atoms with van der Waals surface area (Å²) in [5, 5.41) is 1.86. The highest BCUT2D eigenvalue weighted by atomic mass is 79.9. The summed E-state index contributed by atoms with van der Waals surface area (Å²) >= 11 is 4.73. The molecule has 0 spiro atoms. The third-order valence-corrected chi connectivity index (χ3v) is 4.18. The topological polar surface area (TPSA) is 37.4 Å². The fourth-order valence-electron chi connectivity index (χ4n) is 1.60. The van der Waals surface area contributed by atoms with Gasteiger partial charge in [0.15, 0.2) is 5.78 Å². The van der Waals surface area contributed by atoms with Gasteiger partial charge in [-0.2, -0.15) is 0 Å². The highest BCUT2D eigenvalue weighted by Gasteiger charge is 2.24. The summed E-state index contributed by atoms with van der Waals surface area (Å²) in [6.07, 6.45) is 1.39. The number of piperidine rings is 1. The zero-order valence-electron chi connectivity index (χ0n) is 8.03. The van der Waals surface area contributed by atoms with Crippen LogP contribution < -0.4 is 0 Å². The van der Waals surface area contributed by atoms with Gasteiger partial charge < -0.3 is 4.90 Å². The molecule has 15 heavy (non-hydrogen) atoms. The number of likely N-dealkylation sites (tertiary alicyclic amines) is 1. The molecule has 3 nitrogen and oxygen atoms in total. The van der Waals surface area contributed by atoms with Crippen LogP contribution in [0.25, 0.3) is 0 Å². The molecule has 0 radical (unpaired) electrons. The summed E-state index contributed by atoms with van der Waals surface area (Å²) in [5.41, 5.74) is 0. The van der Waals surface area contributed by atoms with Gasteiger partial charge in [-0.3, -0.25) is 9.59 Å². The van der Waals surface area contributed by atoms with Crippen LogP contribution in [0.2, 0.25) is 0 Å². The molecule has 1 aliphatic heterocycles. The van der Waals surface area contributed by atoms with Crippen LogP contribution in [-0.4, -0.2) is 29.7 Å². The van der Waals surface area contributed by atoms with Gasteiger partial charge in [0.2, 0.25) is 0 Å². The van der Waals surface area contributed by atoms with Gasteiger partial charge in [0.25, 0.3) is 5.91 Å². The van der Waals surface area contributed by atoms with Crippen molar-refractivity contribution >= 4 is 39.0 Å². The molecule has 1 fully saturated rings. The van der Waals surface area contributed by atoms with E-state index in [1.165, 1.54) is 11.3 Å². The van der Waals surface area contributed by atoms with Gasteiger partial charge in [-0.25, -0.2) is 0 Å². The molecule has 0 bridgehead atoms. The molecule has 1 aromatic heterocycles. The summed E-state index contributed by atoms with van der Waals surface area (Å²) < 4.78 is 0.815. The predicted octanol–water partition coefficient (Wildman–Crippen LogP) is 2.32. The van der Waals surface area contributed by atoms with Crippen LogP contribution >= 0.6 is 27.3 Å². The van der Waals surface area contributed by atoms with Crippen molar-refractivity contribution in [1.82, 2.24) is 4.90 Å². The molecule has 1 amide bonds. The molecule has 0 atom stereocenters. The van der Waals surface area contributed by atoms with E-state index in [1.807, 2.05) is 11.4 Å². The third-order valence-electron chi connectivity index (χ3n) is 2.35. The Bertz CT molecular complexity index is 402. The van der Waals surface area contributed by atoms with Crippen LogP contribution in [-0.2, 0) is 4.79 Å². The summed E-state index contributed by atoms with van der Waals surface area (Å²) in [4.78, 5) is 25.5. The largest absolute Gasteiger partial charge is 0.331 e. The van der Waals surface area contributed by atoms with Crippen LogP contribution in [0, 0.1) is 0 Å². The minimum Gasteiger partial charge on any atom is -0.331 e. The summed E-state index contributed by atoms with van der Waals surface area (Å²) in [5.74, 6) is 0.118. The second kappa shape index (κ2) is 4.45. The summed E-state index contributed by atoms with van der Waals surface area (Å²) in [6, 6.07) is 1.85. The van der Waals surface area contributed by atoms with Crippen molar-refractivity contribution in [3.05, 3.63) is 20.8 Å². The number of hydrogen-bond donors (Lipinski definition) is 0. The molecule has 0 saturated carbocycles. The lowest BCUT2D eigenvalue weighted by Crippen LogP contribution is -2.39. The van der Waals surface area contributed by atoms with E-state index in [0.717, 1.165) is 10.9 Å². The van der Waals surface area contributed by atoms with Gasteiger partial charge in [0.05, 0.1) is 6.54 Å². The quantitative estimate of drug-likeness (QED) is 0.795. The minimum absolute atomic E-state index is 0.0371. The van der Waals surface area contributed by atoms with Crippen molar-refractivity contribution in [2.24, 2.45) is 0 Å². The number of rotatable bonds is 1. The first kappa shape index (κ1) is 10.8. The lowest BCUT2D eigenvalue weighted by Gasteiger charge is -2.25. The van der Waals surface area contributed by atoms with Crippen molar-refractivity contribution in [3.8, 4) is 0 Å². The lowest BCUT2D eigenvalue weighted by molar-refractivity contribution is -0.121. The maximum atomic E-state index is 12.0. The minimum atomic E-state index is -0.0371. The molecular formula is C10H10BrNO2S. The number of amides is 1. The van der Waals surface area contributed by atoms with Gasteiger partial charge in [-0.1, -0.05) is 0 Å². The average Bonchev–Trinajstić information content (AvgIpc) is 2.63. The Labute approximate surface area is 100 Å². The first-order chi connectivity index (χ1) is 7.18. The Hall–Kier alpha value is -0.680. The second-order valence-electron chi connectivity index (χ2n) is 3.47. The van der Waals surface area contributed by atoms with E-state index in [-0.39, 0.29) is 18.2 Å². The molecule has 1 saturated heterocycles. The Balaban J connectivity index is 2.14. The maximum absolute atomic E-state index is 12.0. The van der Waals surface area contributed by atoms with Crippen LogP contribution in [0.5, 0.6) is 0 Å². The van der Waals surface area contributed by atoms with Gasteiger partial charge in [0.1, 0.15) is 4.88 Å². The molecule has 0 N–H and O–H groups in total. The number of carbonyl (C=O) groups is 2. The standard InChI is InChI=1S/C10H10BrNO2S/c11-8-3-5-15-9(8)10(14)12-4-1-2-7(13)6-12/h3,5H,1-2,4,6H2. The number of carbonyl (C=O) groups excluding carboxylic acids is 2. The number of ketones is 1. The van der Waals surface area contributed by atoms with Gasteiger partial charge >= 0.3 is 0 Å². The number of nitrogens with zero attached hydrogens (tertiary/aromatic N) is 1. The number of halogens is 1. The van der Waals surface area contributed by atoms with E-state index in [0.29, 0.717) is 17.8 Å². The van der Waals surface area contributed by atoms with Crippen LogP contribution in [0.1, 0.15) is 22.5 Å². The van der Waals surface area contributed by atoms with Crippen molar-refractivity contribution in [1.29, 1.82) is 0 Å². The smallest absolute Gasteiger partial charge is 0.265 e. The van der Waals surface area contributed by atoms with Crippen molar-refractivity contribution in [2.75, 3.05) is 13.1 Å².